The Kier molecular flexibility index (Phi) is 5.14. The Bertz CT molecular complexity index is 775. The monoisotopic (exact) mass is 448 g/mol. The molecule has 144 valence electrons. The molecule has 4 nitrogen and oxygen atoms in total. The van der Waals surface area contributed by atoms with E-state index in [1.807, 2.05) is 40.9 Å². The Morgan fingerprint density at radius 3 is 2.37 bits per heavy atom. The number of rotatable bonds is 7. The predicted octanol–water partition coefficient (Wildman–Crippen LogP) is 3.85. The maximum absolute atomic E-state index is 13.7. The number of benzene rings is 1. The minimum absolute atomic E-state index is 0.0564. The lowest BCUT2D eigenvalue weighted by atomic mass is 9.81. The molecule has 1 spiro atoms. The second-order valence-corrected chi connectivity index (χ2v) is 10.1. The summed E-state index contributed by atoms with van der Waals surface area (Å²) in [5, 5.41) is 0. The van der Waals surface area contributed by atoms with Gasteiger partial charge in [0.2, 0.25) is 11.8 Å². The van der Waals surface area contributed by atoms with Crippen LogP contribution < -0.4 is 10.6 Å². The van der Waals surface area contributed by atoms with Gasteiger partial charge in [-0.2, -0.15) is 11.8 Å². The zero-order valence-corrected chi connectivity index (χ0v) is 17.8. The lowest BCUT2D eigenvalue weighted by Crippen LogP contribution is -2.45. The zero-order chi connectivity index (χ0) is 19.2. The molecule has 2 N–H and O–H groups in total. The maximum atomic E-state index is 13.7. The van der Waals surface area contributed by atoms with Crippen molar-refractivity contribution < 1.29 is 9.59 Å². The first-order valence-electron chi connectivity index (χ1n) is 9.62. The molecule has 4 atom stereocenters. The van der Waals surface area contributed by atoms with Gasteiger partial charge in [0.15, 0.2) is 0 Å². The number of primary amides is 1. The van der Waals surface area contributed by atoms with Crippen molar-refractivity contribution in [2.75, 3.05) is 23.0 Å². The molecule has 3 aliphatic carbocycles. The van der Waals surface area contributed by atoms with E-state index in [0.717, 1.165) is 34.5 Å². The fourth-order valence-electron chi connectivity index (χ4n) is 5.19. The van der Waals surface area contributed by atoms with Crippen LogP contribution in [0.2, 0.25) is 0 Å². The van der Waals surface area contributed by atoms with Crippen LogP contribution in [0, 0.1) is 29.1 Å². The summed E-state index contributed by atoms with van der Waals surface area (Å²) in [6.07, 6.45) is 6.54. The summed E-state index contributed by atoms with van der Waals surface area (Å²) in [5.41, 5.74) is 6.81. The van der Waals surface area contributed by atoms with E-state index in [4.69, 9.17) is 5.73 Å². The summed E-state index contributed by atoms with van der Waals surface area (Å²) in [4.78, 5) is 27.9. The van der Waals surface area contributed by atoms with Gasteiger partial charge in [-0.05, 0) is 60.1 Å². The van der Waals surface area contributed by atoms with Gasteiger partial charge < -0.3 is 10.6 Å². The highest BCUT2D eigenvalue weighted by Crippen LogP contribution is 2.72. The van der Waals surface area contributed by atoms with Crippen molar-refractivity contribution in [3.63, 3.8) is 0 Å². The summed E-state index contributed by atoms with van der Waals surface area (Å²) >= 11 is 5.28. The Balaban J connectivity index is 1.65. The molecular weight excluding hydrogens is 424 g/mol. The first-order chi connectivity index (χ1) is 13.0. The van der Waals surface area contributed by atoms with Crippen molar-refractivity contribution in [1.82, 2.24) is 0 Å². The van der Waals surface area contributed by atoms with Gasteiger partial charge in [0.25, 0.3) is 0 Å². The first kappa shape index (κ1) is 19.1. The van der Waals surface area contributed by atoms with E-state index in [1.54, 1.807) is 0 Å². The van der Waals surface area contributed by atoms with E-state index in [1.165, 1.54) is 0 Å². The number of thioether (sulfide) groups is 1. The van der Waals surface area contributed by atoms with Crippen LogP contribution in [0.15, 0.2) is 40.9 Å². The van der Waals surface area contributed by atoms with Crippen LogP contribution in [0.3, 0.4) is 0 Å². The van der Waals surface area contributed by atoms with Gasteiger partial charge in [0, 0.05) is 22.5 Å². The van der Waals surface area contributed by atoms with Gasteiger partial charge in [-0.15, -0.1) is 0 Å². The number of nitrogens with zero attached hydrogens (tertiary/aromatic N) is 1. The molecule has 0 unspecified atom stereocenters. The molecule has 3 aliphatic rings. The minimum atomic E-state index is -0.369. The van der Waals surface area contributed by atoms with Crippen molar-refractivity contribution >= 4 is 45.2 Å². The molecule has 6 heteroatoms. The number of halogens is 1. The molecule has 4 rings (SSSR count). The lowest BCUT2D eigenvalue weighted by molar-refractivity contribution is -0.132. The zero-order valence-electron chi connectivity index (χ0n) is 15.4. The third kappa shape index (κ3) is 3.15. The number of anilines is 1. The van der Waals surface area contributed by atoms with Crippen LogP contribution in [-0.2, 0) is 9.59 Å². The van der Waals surface area contributed by atoms with Crippen LogP contribution >= 0.6 is 27.7 Å². The van der Waals surface area contributed by atoms with E-state index >= 15 is 0 Å². The highest BCUT2D eigenvalue weighted by Gasteiger charge is 2.69. The van der Waals surface area contributed by atoms with Crippen LogP contribution in [-0.4, -0.2) is 29.9 Å². The number of carbonyl (C=O) groups is 2. The fourth-order valence-corrected chi connectivity index (χ4v) is 6.05. The van der Waals surface area contributed by atoms with Crippen LogP contribution in [0.5, 0.6) is 0 Å². The van der Waals surface area contributed by atoms with Gasteiger partial charge in [0.1, 0.15) is 0 Å². The first-order valence-corrected chi connectivity index (χ1v) is 11.6. The molecular formula is C21H25BrN2O2S. The van der Waals surface area contributed by atoms with E-state index in [2.05, 4.69) is 35.0 Å². The van der Waals surface area contributed by atoms with Gasteiger partial charge in [-0.1, -0.05) is 35.0 Å². The lowest BCUT2D eigenvalue weighted by Gasteiger charge is -2.31. The molecule has 1 aromatic carbocycles. The van der Waals surface area contributed by atoms with Crippen molar-refractivity contribution in [3.05, 3.63) is 40.9 Å². The average molecular weight is 449 g/mol. The molecule has 0 heterocycles. The number of hydrogen-bond donors (Lipinski definition) is 1. The van der Waals surface area contributed by atoms with Crippen molar-refractivity contribution in [2.45, 2.75) is 19.8 Å². The number of nitrogens with two attached hydrogens (primary N) is 1. The maximum Gasteiger partial charge on any atom is 0.231 e. The highest BCUT2D eigenvalue weighted by atomic mass is 79.9. The van der Waals surface area contributed by atoms with Gasteiger partial charge in [-0.3, -0.25) is 9.59 Å². The number of hydrogen-bond acceptors (Lipinski definition) is 3. The molecule has 0 radical (unpaired) electrons. The van der Waals surface area contributed by atoms with E-state index < -0.39 is 0 Å². The molecule has 0 aromatic heterocycles. The standard InChI is InChI=1S/C21H25BrN2O2S/c1-2-27-12-11-24(14-5-3-13(22)4-6-14)20(26)18-16-8-7-15(17(18)19(23)25)21(16)9-10-21/h3-8,15-18H,2,9-12H2,1H3,(H2,23,25)/t15-,16+,17-,18-/m1/s1. The summed E-state index contributed by atoms with van der Waals surface area (Å²) in [5.74, 6) is 1.24. The molecule has 27 heavy (non-hydrogen) atoms. The van der Waals surface area contributed by atoms with E-state index in [-0.39, 0.29) is 40.9 Å². The number of carbonyl (C=O) groups excluding carboxylic acids is 2. The SMILES string of the molecule is CCSCCN(C(=O)[C@H]1[C@H](C(N)=O)[C@H]2C=C[C@@H]1C21CC1)c1ccc(Br)cc1. The molecule has 2 bridgehead atoms. The quantitative estimate of drug-likeness (QED) is 0.508. The normalized spacial score (nSPS) is 29.3. The highest BCUT2D eigenvalue weighted by molar-refractivity contribution is 9.10. The van der Waals surface area contributed by atoms with Crippen LogP contribution in [0.25, 0.3) is 0 Å². The molecule has 2 amide bonds. The minimum Gasteiger partial charge on any atom is -0.369 e. The number of allylic oxidation sites excluding steroid dienone is 2. The van der Waals surface area contributed by atoms with Crippen molar-refractivity contribution in [2.24, 2.45) is 34.8 Å². The van der Waals surface area contributed by atoms with E-state index in [9.17, 15) is 9.59 Å². The van der Waals surface area contributed by atoms with Gasteiger partial charge >= 0.3 is 0 Å². The van der Waals surface area contributed by atoms with Crippen molar-refractivity contribution in [3.8, 4) is 0 Å². The Morgan fingerprint density at radius 2 is 1.81 bits per heavy atom. The summed E-state index contributed by atoms with van der Waals surface area (Å²) < 4.78 is 0.983. The van der Waals surface area contributed by atoms with Gasteiger partial charge in [-0.25, -0.2) is 0 Å². The molecule has 2 saturated carbocycles. The van der Waals surface area contributed by atoms with Crippen LogP contribution in [0.4, 0.5) is 5.69 Å². The number of amides is 2. The predicted molar refractivity (Wildman–Crippen MR) is 113 cm³/mol. The Labute approximate surface area is 173 Å². The average Bonchev–Trinajstić information content (AvgIpc) is 3.32. The molecule has 0 saturated heterocycles. The molecule has 2 fully saturated rings. The second kappa shape index (κ2) is 7.28. The van der Waals surface area contributed by atoms with Crippen molar-refractivity contribution in [1.29, 1.82) is 0 Å². The second-order valence-electron chi connectivity index (χ2n) is 7.79. The Hall–Kier alpha value is -1.27. The summed E-state index contributed by atoms with van der Waals surface area (Å²) in [7, 11) is 0. The summed E-state index contributed by atoms with van der Waals surface area (Å²) in [6, 6.07) is 7.84. The smallest absolute Gasteiger partial charge is 0.231 e. The fraction of sp³-hybridized carbons (Fsp3) is 0.524. The molecule has 0 aliphatic heterocycles. The third-order valence-electron chi connectivity index (χ3n) is 6.52. The largest absolute Gasteiger partial charge is 0.369 e. The third-order valence-corrected chi connectivity index (χ3v) is 7.93. The topological polar surface area (TPSA) is 63.4 Å². The Morgan fingerprint density at radius 1 is 1.19 bits per heavy atom. The van der Waals surface area contributed by atoms with Gasteiger partial charge in [0.05, 0.1) is 11.8 Å². The van der Waals surface area contributed by atoms with Crippen LogP contribution in [0.1, 0.15) is 19.8 Å². The van der Waals surface area contributed by atoms with E-state index in [0.29, 0.717) is 6.54 Å². The molecule has 1 aromatic rings. The summed E-state index contributed by atoms with van der Waals surface area (Å²) in [6.45, 7) is 2.77.